The molecule has 0 bridgehead atoms. The minimum absolute atomic E-state index is 0.190. The van der Waals surface area contributed by atoms with Crippen molar-refractivity contribution in [3.63, 3.8) is 0 Å². The highest BCUT2D eigenvalue weighted by Gasteiger charge is 2.00. The number of benzene rings is 1. The Kier molecular flexibility index (Phi) is 3.33. The number of Topliss-reactive ketones (excluding diaryl/α,β-unsaturated/α-hetero) is 1. The van der Waals surface area contributed by atoms with Gasteiger partial charge in [0.2, 0.25) is 0 Å². The number of ketones is 1. The average Bonchev–Trinajstić information content (AvgIpc) is 2.30. The maximum absolute atomic E-state index is 11.0. The Bertz CT molecular complexity index is 512. The molecule has 2 aromatic rings. The Labute approximate surface area is 101 Å². The Morgan fingerprint density at radius 1 is 1.06 bits per heavy atom. The Balaban J connectivity index is 2.23. The van der Waals surface area contributed by atoms with Crippen molar-refractivity contribution in [2.75, 3.05) is 0 Å². The zero-order chi connectivity index (χ0) is 12.3. The van der Waals surface area contributed by atoms with Crippen LogP contribution in [-0.4, -0.2) is 10.8 Å². The Morgan fingerprint density at radius 3 is 2.24 bits per heavy atom. The summed E-state index contributed by atoms with van der Waals surface area (Å²) in [5.41, 5.74) is 4.30. The molecule has 0 radical (unpaired) electrons. The van der Waals surface area contributed by atoms with Gasteiger partial charge in [-0.2, -0.15) is 0 Å². The summed E-state index contributed by atoms with van der Waals surface area (Å²) in [5.74, 6) is 0.190. The molecule has 0 aliphatic rings. The molecule has 0 saturated carbocycles. The molecule has 0 aliphatic carbocycles. The quantitative estimate of drug-likeness (QED) is 0.803. The summed E-state index contributed by atoms with van der Waals surface area (Å²) in [6, 6.07) is 12.1. The van der Waals surface area contributed by atoms with Gasteiger partial charge in [-0.05, 0) is 31.0 Å². The standard InChI is InChI=1S/C15H15NO/c1-11-3-6-15(10-16-11)14-7-4-13(5-8-14)9-12(2)17/h3-8,10H,9H2,1-2H3. The van der Waals surface area contributed by atoms with Crippen LogP contribution in [0.15, 0.2) is 42.6 Å². The third-order valence-electron chi connectivity index (χ3n) is 2.65. The van der Waals surface area contributed by atoms with E-state index in [4.69, 9.17) is 0 Å². The number of rotatable bonds is 3. The van der Waals surface area contributed by atoms with Crippen molar-refractivity contribution in [1.29, 1.82) is 0 Å². The van der Waals surface area contributed by atoms with Gasteiger partial charge < -0.3 is 0 Å². The van der Waals surface area contributed by atoms with Gasteiger partial charge in [0.15, 0.2) is 0 Å². The van der Waals surface area contributed by atoms with E-state index < -0.39 is 0 Å². The van der Waals surface area contributed by atoms with Crippen LogP contribution in [0, 0.1) is 6.92 Å². The molecule has 1 heterocycles. The third-order valence-corrected chi connectivity index (χ3v) is 2.65. The van der Waals surface area contributed by atoms with Crippen LogP contribution in [0.4, 0.5) is 0 Å². The molecule has 0 fully saturated rings. The van der Waals surface area contributed by atoms with Gasteiger partial charge in [-0.15, -0.1) is 0 Å². The van der Waals surface area contributed by atoms with E-state index in [-0.39, 0.29) is 5.78 Å². The molecule has 0 saturated heterocycles. The Hall–Kier alpha value is -1.96. The predicted molar refractivity (Wildman–Crippen MR) is 68.8 cm³/mol. The SMILES string of the molecule is CC(=O)Cc1ccc(-c2ccc(C)nc2)cc1. The Morgan fingerprint density at radius 2 is 1.71 bits per heavy atom. The molecule has 1 aromatic heterocycles. The number of nitrogens with zero attached hydrogens (tertiary/aromatic N) is 1. The second-order valence-electron chi connectivity index (χ2n) is 4.26. The highest BCUT2D eigenvalue weighted by Crippen LogP contribution is 2.19. The number of carbonyl (C=O) groups excluding carboxylic acids is 1. The van der Waals surface area contributed by atoms with Crippen LogP contribution in [0.2, 0.25) is 0 Å². The largest absolute Gasteiger partial charge is 0.300 e. The monoisotopic (exact) mass is 225 g/mol. The second-order valence-corrected chi connectivity index (χ2v) is 4.26. The molecular formula is C15H15NO. The van der Waals surface area contributed by atoms with E-state index >= 15 is 0 Å². The molecule has 17 heavy (non-hydrogen) atoms. The molecule has 0 N–H and O–H groups in total. The molecule has 2 nitrogen and oxygen atoms in total. The second kappa shape index (κ2) is 4.91. The maximum atomic E-state index is 11.0. The summed E-state index contributed by atoms with van der Waals surface area (Å²) in [7, 11) is 0. The van der Waals surface area contributed by atoms with E-state index in [0.29, 0.717) is 6.42 Å². The van der Waals surface area contributed by atoms with Gasteiger partial charge >= 0.3 is 0 Å². The van der Waals surface area contributed by atoms with E-state index in [1.807, 2.05) is 43.5 Å². The lowest BCUT2D eigenvalue weighted by molar-refractivity contribution is -0.116. The minimum Gasteiger partial charge on any atom is -0.300 e. The highest BCUT2D eigenvalue weighted by molar-refractivity contribution is 5.78. The van der Waals surface area contributed by atoms with Crippen molar-refractivity contribution in [2.24, 2.45) is 0 Å². The molecule has 2 rings (SSSR count). The lowest BCUT2D eigenvalue weighted by atomic mass is 10.0. The molecular weight excluding hydrogens is 210 g/mol. The summed E-state index contributed by atoms with van der Waals surface area (Å²) in [5, 5.41) is 0. The van der Waals surface area contributed by atoms with Gasteiger partial charge in [-0.1, -0.05) is 30.3 Å². The van der Waals surface area contributed by atoms with Crippen LogP contribution in [-0.2, 0) is 11.2 Å². The summed E-state index contributed by atoms with van der Waals surface area (Å²) < 4.78 is 0. The van der Waals surface area contributed by atoms with E-state index in [9.17, 15) is 4.79 Å². The van der Waals surface area contributed by atoms with Crippen molar-refractivity contribution in [2.45, 2.75) is 20.3 Å². The van der Waals surface area contributed by atoms with Gasteiger partial charge in [0.1, 0.15) is 5.78 Å². The lowest BCUT2D eigenvalue weighted by Crippen LogP contribution is -1.95. The van der Waals surface area contributed by atoms with E-state index in [2.05, 4.69) is 11.1 Å². The summed E-state index contributed by atoms with van der Waals surface area (Å²) in [6.45, 7) is 3.58. The lowest BCUT2D eigenvalue weighted by Gasteiger charge is -2.03. The first-order valence-electron chi connectivity index (χ1n) is 5.66. The molecule has 86 valence electrons. The van der Waals surface area contributed by atoms with E-state index in [0.717, 1.165) is 22.4 Å². The van der Waals surface area contributed by atoms with Crippen LogP contribution >= 0.6 is 0 Å². The number of hydrogen-bond acceptors (Lipinski definition) is 2. The molecule has 0 spiro atoms. The molecule has 2 heteroatoms. The molecule has 0 aliphatic heterocycles. The van der Waals surface area contributed by atoms with E-state index in [1.54, 1.807) is 6.92 Å². The number of aromatic nitrogens is 1. The normalized spacial score (nSPS) is 10.2. The molecule has 1 aromatic carbocycles. The summed E-state index contributed by atoms with van der Waals surface area (Å²) in [6.07, 6.45) is 2.38. The maximum Gasteiger partial charge on any atom is 0.134 e. The van der Waals surface area contributed by atoms with Crippen LogP contribution < -0.4 is 0 Å². The average molecular weight is 225 g/mol. The van der Waals surface area contributed by atoms with Crippen LogP contribution in [0.25, 0.3) is 11.1 Å². The predicted octanol–water partition coefficient (Wildman–Crippen LogP) is 3.19. The number of hydrogen-bond donors (Lipinski definition) is 0. The van der Waals surface area contributed by atoms with Crippen molar-refractivity contribution in [3.05, 3.63) is 53.9 Å². The van der Waals surface area contributed by atoms with Crippen molar-refractivity contribution < 1.29 is 4.79 Å². The minimum atomic E-state index is 0.190. The highest BCUT2D eigenvalue weighted by atomic mass is 16.1. The third kappa shape index (κ3) is 3.00. The fourth-order valence-electron chi connectivity index (χ4n) is 1.74. The fourth-order valence-corrected chi connectivity index (χ4v) is 1.74. The van der Waals surface area contributed by atoms with Crippen LogP contribution in [0.3, 0.4) is 0 Å². The number of aryl methyl sites for hydroxylation is 1. The van der Waals surface area contributed by atoms with Gasteiger partial charge in [0.25, 0.3) is 0 Å². The first-order valence-corrected chi connectivity index (χ1v) is 5.66. The fraction of sp³-hybridized carbons (Fsp3) is 0.200. The van der Waals surface area contributed by atoms with Crippen molar-refractivity contribution in [1.82, 2.24) is 4.98 Å². The zero-order valence-electron chi connectivity index (χ0n) is 10.1. The number of pyridine rings is 1. The topological polar surface area (TPSA) is 30.0 Å². The molecule has 0 atom stereocenters. The zero-order valence-corrected chi connectivity index (χ0v) is 10.1. The van der Waals surface area contributed by atoms with E-state index in [1.165, 1.54) is 0 Å². The first-order chi connectivity index (χ1) is 8.15. The smallest absolute Gasteiger partial charge is 0.134 e. The van der Waals surface area contributed by atoms with Crippen molar-refractivity contribution >= 4 is 5.78 Å². The van der Waals surface area contributed by atoms with Crippen LogP contribution in [0.5, 0.6) is 0 Å². The summed E-state index contributed by atoms with van der Waals surface area (Å²) in [4.78, 5) is 15.3. The summed E-state index contributed by atoms with van der Waals surface area (Å²) >= 11 is 0. The first kappa shape index (κ1) is 11.5. The van der Waals surface area contributed by atoms with Gasteiger partial charge in [0, 0.05) is 23.9 Å². The number of carbonyl (C=O) groups is 1. The van der Waals surface area contributed by atoms with Crippen LogP contribution in [0.1, 0.15) is 18.2 Å². The molecule has 0 amide bonds. The van der Waals surface area contributed by atoms with Gasteiger partial charge in [-0.25, -0.2) is 0 Å². The van der Waals surface area contributed by atoms with Crippen molar-refractivity contribution in [3.8, 4) is 11.1 Å². The van der Waals surface area contributed by atoms with Gasteiger partial charge in [0.05, 0.1) is 0 Å². The van der Waals surface area contributed by atoms with Gasteiger partial charge in [-0.3, -0.25) is 9.78 Å². The molecule has 0 unspecified atom stereocenters.